The Bertz CT molecular complexity index is 1020. The van der Waals surface area contributed by atoms with E-state index in [1.54, 1.807) is 0 Å². The Labute approximate surface area is 145 Å². The largest absolute Gasteiger partial charge is 0.464 e. The van der Waals surface area contributed by atoms with E-state index in [1.165, 1.54) is 27.8 Å². The lowest BCUT2D eigenvalue weighted by atomic mass is 9.95. The first-order valence-corrected chi connectivity index (χ1v) is 8.71. The molecule has 3 nitrogen and oxygen atoms in total. The summed E-state index contributed by atoms with van der Waals surface area (Å²) in [6, 6.07) is 19.3. The Morgan fingerprint density at radius 1 is 0.840 bits per heavy atom. The Morgan fingerprint density at radius 2 is 1.60 bits per heavy atom. The van der Waals surface area contributed by atoms with Crippen molar-refractivity contribution in [2.75, 3.05) is 6.61 Å². The van der Waals surface area contributed by atoms with Crippen molar-refractivity contribution in [3.8, 4) is 39.5 Å². The molecule has 0 amide bonds. The van der Waals surface area contributed by atoms with Crippen LogP contribution in [0.25, 0.3) is 22.3 Å². The number of ether oxygens (including phenoxy) is 3. The molecule has 0 bridgehead atoms. The summed E-state index contributed by atoms with van der Waals surface area (Å²) in [6.07, 6.45) is 1.76. The second kappa shape index (κ2) is 4.87. The number of benzene rings is 3. The third kappa shape index (κ3) is 2.02. The van der Waals surface area contributed by atoms with Crippen molar-refractivity contribution >= 4 is 0 Å². The predicted octanol–water partition coefficient (Wildman–Crippen LogP) is 5.16. The highest BCUT2D eigenvalue weighted by Crippen LogP contribution is 2.53. The zero-order valence-electron chi connectivity index (χ0n) is 13.6. The van der Waals surface area contributed by atoms with Gasteiger partial charge in [-0.25, -0.2) is 0 Å². The highest BCUT2D eigenvalue weighted by molar-refractivity contribution is 5.88. The third-order valence-corrected chi connectivity index (χ3v) is 5.28. The second-order valence-corrected chi connectivity index (χ2v) is 6.77. The molecule has 2 aliphatic heterocycles. The van der Waals surface area contributed by atoms with E-state index in [0.29, 0.717) is 0 Å². The van der Waals surface area contributed by atoms with Gasteiger partial charge in [0, 0.05) is 18.1 Å². The third-order valence-electron chi connectivity index (χ3n) is 5.28. The van der Waals surface area contributed by atoms with Gasteiger partial charge >= 0.3 is 0 Å². The molecule has 1 aliphatic carbocycles. The smallest absolute Gasteiger partial charge is 0.202 e. The van der Waals surface area contributed by atoms with Crippen LogP contribution in [-0.2, 0) is 11.2 Å². The van der Waals surface area contributed by atoms with E-state index >= 15 is 0 Å². The fraction of sp³-hybridized carbons (Fsp3) is 0.182. The topological polar surface area (TPSA) is 31.0 Å². The Kier molecular flexibility index (Phi) is 2.63. The maximum atomic E-state index is 6.08. The van der Waals surface area contributed by atoms with Crippen LogP contribution in [0.2, 0.25) is 0 Å². The molecular weight excluding hydrogens is 312 g/mol. The standard InChI is InChI=1S/C22H16O3/c1-2-5-14-13(4-1)10-17-15(14)6-3-7-16(17)18-11-20-21(24-20)12-19(18)25-22-8-9-23-22/h1-7,11-12,22H,8-10H2. The fourth-order valence-corrected chi connectivity index (χ4v) is 3.86. The van der Waals surface area contributed by atoms with Gasteiger partial charge in [-0.1, -0.05) is 42.5 Å². The minimum Gasteiger partial charge on any atom is -0.464 e. The summed E-state index contributed by atoms with van der Waals surface area (Å²) in [5.74, 6) is 2.71. The lowest BCUT2D eigenvalue weighted by Crippen LogP contribution is -2.32. The number of fused-ring (bicyclic) bond motifs is 4. The molecule has 0 aromatic heterocycles. The molecule has 122 valence electrons. The molecule has 3 aliphatic rings. The summed E-state index contributed by atoms with van der Waals surface area (Å²) in [5, 5.41) is 0. The maximum absolute atomic E-state index is 6.08. The van der Waals surface area contributed by atoms with Gasteiger partial charge in [-0.2, -0.15) is 0 Å². The average molecular weight is 328 g/mol. The van der Waals surface area contributed by atoms with Crippen LogP contribution in [0.15, 0.2) is 54.6 Å². The highest BCUT2D eigenvalue weighted by atomic mass is 16.7. The molecule has 0 spiro atoms. The molecule has 0 radical (unpaired) electrons. The SMILES string of the molecule is c1ccc2c(c1)Cc1c-2cccc1-c1cc2c(cc1OC1CCO1)O2. The summed E-state index contributed by atoms with van der Waals surface area (Å²) >= 11 is 0. The summed E-state index contributed by atoms with van der Waals surface area (Å²) in [4.78, 5) is 0. The molecule has 3 heteroatoms. The van der Waals surface area contributed by atoms with Crippen molar-refractivity contribution in [1.82, 2.24) is 0 Å². The van der Waals surface area contributed by atoms with E-state index in [1.807, 2.05) is 6.07 Å². The van der Waals surface area contributed by atoms with Crippen LogP contribution in [0, 0.1) is 0 Å². The number of hydrogen-bond acceptors (Lipinski definition) is 3. The molecule has 3 aromatic carbocycles. The minimum absolute atomic E-state index is 0.135. The molecule has 6 rings (SSSR count). The van der Waals surface area contributed by atoms with Crippen molar-refractivity contribution in [1.29, 1.82) is 0 Å². The van der Waals surface area contributed by atoms with Gasteiger partial charge < -0.3 is 14.2 Å². The van der Waals surface area contributed by atoms with Crippen LogP contribution in [0.3, 0.4) is 0 Å². The van der Waals surface area contributed by atoms with Gasteiger partial charge in [0.15, 0.2) is 11.5 Å². The van der Waals surface area contributed by atoms with Crippen LogP contribution >= 0.6 is 0 Å². The van der Waals surface area contributed by atoms with Crippen LogP contribution in [-0.4, -0.2) is 12.9 Å². The van der Waals surface area contributed by atoms with Gasteiger partial charge in [-0.15, -0.1) is 0 Å². The van der Waals surface area contributed by atoms with E-state index in [0.717, 1.165) is 42.3 Å². The van der Waals surface area contributed by atoms with Crippen molar-refractivity contribution in [2.45, 2.75) is 19.1 Å². The predicted molar refractivity (Wildman–Crippen MR) is 95.2 cm³/mol. The molecule has 25 heavy (non-hydrogen) atoms. The number of rotatable bonds is 3. The Balaban J connectivity index is 1.50. The molecule has 0 N–H and O–H groups in total. The normalized spacial score (nSPS) is 18.5. The zero-order valence-corrected chi connectivity index (χ0v) is 13.6. The zero-order chi connectivity index (χ0) is 16.4. The minimum atomic E-state index is -0.135. The summed E-state index contributed by atoms with van der Waals surface area (Å²) < 4.78 is 17.1. The first-order chi connectivity index (χ1) is 12.4. The van der Waals surface area contributed by atoms with E-state index in [2.05, 4.69) is 48.5 Å². The Morgan fingerprint density at radius 3 is 2.44 bits per heavy atom. The van der Waals surface area contributed by atoms with Gasteiger partial charge in [0.1, 0.15) is 5.75 Å². The molecule has 0 saturated carbocycles. The van der Waals surface area contributed by atoms with Crippen LogP contribution in [0.4, 0.5) is 0 Å². The molecule has 1 fully saturated rings. The summed E-state index contributed by atoms with van der Waals surface area (Å²) in [5.41, 5.74) is 7.73. The molecular formula is C22H16O3. The van der Waals surface area contributed by atoms with Crippen molar-refractivity contribution in [3.05, 3.63) is 65.7 Å². The van der Waals surface area contributed by atoms with Crippen LogP contribution < -0.4 is 9.47 Å². The Hall–Kier alpha value is -2.78. The van der Waals surface area contributed by atoms with E-state index in [-0.39, 0.29) is 6.29 Å². The van der Waals surface area contributed by atoms with Crippen molar-refractivity contribution in [3.63, 3.8) is 0 Å². The molecule has 3 aromatic rings. The lowest BCUT2D eigenvalue weighted by molar-refractivity contribution is -0.165. The lowest BCUT2D eigenvalue weighted by Gasteiger charge is -2.27. The molecule has 1 saturated heterocycles. The van der Waals surface area contributed by atoms with Gasteiger partial charge in [-0.3, -0.25) is 0 Å². The van der Waals surface area contributed by atoms with Gasteiger partial charge in [-0.05, 0) is 40.3 Å². The summed E-state index contributed by atoms with van der Waals surface area (Å²) in [7, 11) is 0. The van der Waals surface area contributed by atoms with Crippen molar-refractivity contribution in [2.24, 2.45) is 0 Å². The quantitative estimate of drug-likeness (QED) is 0.429. The first kappa shape index (κ1) is 13.5. The average Bonchev–Trinajstić information content (AvgIpc) is 3.26. The van der Waals surface area contributed by atoms with Gasteiger partial charge in [0.2, 0.25) is 6.29 Å². The van der Waals surface area contributed by atoms with Gasteiger partial charge in [0.25, 0.3) is 0 Å². The van der Waals surface area contributed by atoms with Crippen molar-refractivity contribution < 1.29 is 14.2 Å². The second-order valence-electron chi connectivity index (χ2n) is 6.77. The van der Waals surface area contributed by atoms with E-state index in [4.69, 9.17) is 14.2 Å². The maximum Gasteiger partial charge on any atom is 0.202 e. The van der Waals surface area contributed by atoms with Gasteiger partial charge in [0.05, 0.1) is 6.61 Å². The fourth-order valence-electron chi connectivity index (χ4n) is 3.86. The number of hydrogen-bond donors (Lipinski definition) is 0. The first-order valence-electron chi connectivity index (χ1n) is 8.71. The molecule has 1 atom stereocenters. The highest BCUT2D eigenvalue weighted by Gasteiger charge is 2.30. The molecule has 2 heterocycles. The summed E-state index contributed by atoms with van der Waals surface area (Å²) in [6.45, 7) is 0.775. The van der Waals surface area contributed by atoms with E-state index < -0.39 is 0 Å². The monoisotopic (exact) mass is 328 g/mol. The van der Waals surface area contributed by atoms with Crippen LogP contribution in [0.1, 0.15) is 17.5 Å². The van der Waals surface area contributed by atoms with Crippen LogP contribution in [0.5, 0.6) is 17.2 Å². The van der Waals surface area contributed by atoms with E-state index in [9.17, 15) is 0 Å². The molecule has 1 unspecified atom stereocenters.